The maximum Gasteiger partial charge on any atom is 0.330 e. The average molecular weight is 435 g/mol. The number of halogens is 2. The number of ether oxygens (including phenoxy) is 2. The third kappa shape index (κ3) is 4.80. The minimum Gasteiger partial charge on any atom is -0.484 e. The van der Waals surface area contributed by atoms with Crippen LogP contribution in [0.15, 0.2) is 30.3 Å². The van der Waals surface area contributed by atoms with Gasteiger partial charge in [-0.2, -0.15) is 0 Å². The van der Waals surface area contributed by atoms with Crippen molar-refractivity contribution in [2.45, 2.75) is 36.2 Å². The van der Waals surface area contributed by atoms with Gasteiger partial charge in [0.1, 0.15) is 23.3 Å². The van der Waals surface area contributed by atoms with E-state index in [1.54, 1.807) is 38.1 Å². The quantitative estimate of drug-likeness (QED) is 0.292. The summed E-state index contributed by atoms with van der Waals surface area (Å²) in [4.78, 5) is 37.9. The van der Waals surface area contributed by atoms with Crippen molar-refractivity contribution in [1.29, 1.82) is 0 Å². The molecule has 1 aromatic rings. The van der Waals surface area contributed by atoms with E-state index in [0.717, 1.165) is 11.0 Å². The van der Waals surface area contributed by atoms with E-state index in [-0.39, 0.29) is 6.61 Å². The Morgan fingerprint density at radius 1 is 1.33 bits per heavy atom. The van der Waals surface area contributed by atoms with Gasteiger partial charge in [-0.05, 0) is 47.6 Å². The van der Waals surface area contributed by atoms with E-state index in [4.69, 9.17) is 31.8 Å². The van der Waals surface area contributed by atoms with Gasteiger partial charge in [0.15, 0.2) is 6.61 Å². The van der Waals surface area contributed by atoms with Crippen molar-refractivity contribution in [3.05, 3.63) is 30.3 Å². The van der Waals surface area contributed by atoms with Crippen LogP contribution in [-0.4, -0.2) is 58.7 Å². The molecule has 10 heteroatoms. The second kappa shape index (κ2) is 9.03. The molecule has 148 valence electrons. The molecule has 3 unspecified atom stereocenters. The van der Waals surface area contributed by atoms with Gasteiger partial charge < -0.3 is 19.7 Å². The van der Waals surface area contributed by atoms with E-state index in [1.807, 2.05) is 6.07 Å². The van der Waals surface area contributed by atoms with Gasteiger partial charge in [0.2, 0.25) is 0 Å². The number of likely N-dealkylation sites (tertiary alicyclic amines) is 1. The van der Waals surface area contributed by atoms with Crippen molar-refractivity contribution in [1.82, 2.24) is 10.2 Å². The van der Waals surface area contributed by atoms with Gasteiger partial charge in [0.25, 0.3) is 11.8 Å². The Morgan fingerprint density at radius 3 is 2.48 bits per heavy atom. The fraction of sp³-hybridized carbons (Fsp3) is 0.471. The van der Waals surface area contributed by atoms with Gasteiger partial charge in [-0.3, -0.25) is 9.59 Å². The van der Waals surface area contributed by atoms with Crippen molar-refractivity contribution in [2.75, 3.05) is 13.7 Å². The Bertz CT molecular complexity index is 704. The molecular formula is C17H20Cl2N2O5S. The number of β-lactam (4-membered cyclic amide) rings is 1. The summed E-state index contributed by atoms with van der Waals surface area (Å²) in [6.45, 7) is 3.13. The molecule has 2 amide bonds. The molecule has 1 saturated heterocycles. The smallest absolute Gasteiger partial charge is 0.330 e. The number of carbonyl (C=O) groups is 3. The summed E-state index contributed by atoms with van der Waals surface area (Å²) in [7, 11) is 7.98. The largest absolute Gasteiger partial charge is 0.484 e. The predicted octanol–water partition coefficient (Wildman–Crippen LogP) is 2.16. The van der Waals surface area contributed by atoms with E-state index < -0.39 is 40.1 Å². The fourth-order valence-corrected chi connectivity index (χ4v) is 3.57. The molecule has 0 bridgehead atoms. The SMILES string of the molecule is COC(=O)C(N1C(=O)C(NC(=O)COc2ccccc2)C1Cl)C(C)(C)SCl. The first-order valence-electron chi connectivity index (χ1n) is 8.04. The maximum atomic E-state index is 12.5. The van der Waals surface area contributed by atoms with Crippen molar-refractivity contribution in [3.8, 4) is 5.75 Å². The lowest BCUT2D eigenvalue weighted by Crippen LogP contribution is -2.74. The Kier molecular flexibility index (Phi) is 7.25. The number of methoxy groups -OCH3 is 1. The molecule has 1 fully saturated rings. The molecule has 2 rings (SSSR count). The van der Waals surface area contributed by atoms with Crippen LogP contribution in [0.1, 0.15) is 13.8 Å². The number of alkyl halides is 1. The molecule has 1 N–H and O–H groups in total. The number of carbonyl (C=O) groups excluding carboxylic acids is 3. The number of hydrogen-bond donors (Lipinski definition) is 1. The minimum atomic E-state index is -0.992. The maximum absolute atomic E-state index is 12.5. The lowest BCUT2D eigenvalue weighted by atomic mass is 9.95. The third-order valence-corrected chi connectivity index (χ3v) is 6.33. The first-order valence-corrected chi connectivity index (χ1v) is 10.1. The van der Waals surface area contributed by atoms with Crippen molar-refractivity contribution in [3.63, 3.8) is 0 Å². The van der Waals surface area contributed by atoms with E-state index in [2.05, 4.69) is 5.32 Å². The van der Waals surface area contributed by atoms with E-state index in [9.17, 15) is 14.4 Å². The summed E-state index contributed by atoms with van der Waals surface area (Å²) in [5.41, 5.74) is -0.912. The number of para-hydroxylation sites is 1. The Balaban J connectivity index is 1.99. The highest BCUT2D eigenvalue weighted by molar-refractivity contribution is 8.22. The summed E-state index contributed by atoms with van der Waals surface area (Å²) >= 11 is 6.29. The van der Waals surface area contributed by atoms with Crippen molar-refractivity contribution >= 4 is 51.0 Å². The van der Waals surface area contributed by atoms with Crippen LogP contribution < -0.4 is 10.1 Å². The van der Waals surface area contributed by atoms with Gasteiger partial charge in [-0.1, -0.05) is 29.8 Å². The van der Waals surface area contributed by atoms with Crippen LogP contribution in [0.4, 0.5) is 0 Å². The van der Waals surface area contributed by atoms with Gasteiger partial charge >= 0.3 is 5.97 Å². The highest BCUT2D eigenvalue weighted by atomic mass is 35.7. The molecule has 1 heterocycles. The van der Waals surface area contributed by atoms with Gasteiger partial charge in [0.05, 0.1) is 11.9 Å². The molecule has 7 nitrogen and oxygen atoms in total. The Morgan fingerprint density at radius 2 is 1.96 bits per heavy atom. The van der Waals surface area contributed by atoms with Crippen LogP contribution in [0.5, 0.6) is 5.75 Å². The third-order valence-electron chi connectivity index (χ3n) is 4.05. The molecule has 0 radical (unpaired) electrons. The number of rotatable bonds is 8. The van der Waals surface area contributed by atoms with E-state index >= 15 is 0 Å². The number of amides is 2. The molecule has 0 aliphatic carbocycles. The first-order chi connectivity index (χ1) is 12.7. The molecule has 1 aliphatic heterocycles. The van der Waals surface area contributed by atoms with Crippen LogP contribution in [0.25, 0.3) is 0 Å². The van der Waals surface area contributed by atoms with Crippen LogP contribution in [0.2, 0.25) is 0 Å². The summed E-state index contributed by atoms with van der Waals surface area (Å²) in [6, 6.07) is 6.85. The van der Waals surface area contributed by atoms with E-state index in [1.165, 1.54) is 12.0 Å². The highest BCUT2D eigenvalue weighted by Gasteiger charge is 2.56. The molecule has 0 spiro atoms. The number of nitrogens with one attached hydrogen (secondary N) is 1. The van der Waals surface area contributed by atoms with Gasteiger partial charge in [0, 0.05) is 0 Å². The monoisotopic (exact) mass is 434 g/mol. The molecule has 1 aliphatic rings. The molecule has 1 aromatic carbocycles. The Hall–Kier alpha value is -1.64. The average Bonchev–Trinajstić information content (AvgIpc) is 2.68. The van der Waals surface area contributed by atoms with Crippen LogP contribution >= 0.6 is 33.3 Å². The van der Waals surface area contributed by atoms with Crippen LogP contribution in [-0.2, 0) is 19.1 Å². The normalized spacial score (nSPS) is 20.5. The zero-order valence-corrected chi connectivity index (χ0v) is 17.3. The second-order valence-electron chi connectivity index (χ2n) is 6.37. The summed E-state index contributed by atoms with van der Waals surface area (Å²) in [6.07, 6.45) is 0. The lowest BCUT2D eigenvalue weighted by molar-refractivity contribution is -0.165. The fourth-order valence-electron chi connectivity index (χ4n) is 2.65. The second-order valence-corrected chi connectivity index (χ2v) is 8.49. The van der Waals surface area contributed by atoms with Crippen molar-refractivity contribution < 1.29 is 23.9 Å². The summed E-state index contributed by atoms with van der Waals surface area (Å²) < 4.78 is 9.28. The van der Waals surface area contributed by atoms with Crippen LogP contribution in [0.3, 0.4) is 0 Å². The predicted molar refractivity (Wildman–Crippen MR) is 104 cm³/mol. The van der Waals surface area contributed by atoms with Crippen molar-refractivity contribution in [2.24, 2.45) is 0 Å². The number of benzene rings is 1. The molecular weight excluding hydrogens is 415 g/mol. The first kappa shape index (κ1) is 21.7. The molecule has 27 heavy (non-hydrogen) atoms. The van der Waals surface area contributed by atoms with Gasteiger partial charge in [-0.15, -0.1) is 0 Å². The highest BCUT2D eigenvalue weighted by Crippen LogP contribution is 2.39. The topological polar surface area (TPSA) is 84.9 Å². The Labute approximate surface area is 171 Å². The minimum absolute atomic E-state index is 0.263. The molecule has 0 aromatic heterocycles. The summed E-state index contributed by atoms with van der Waals surface area (Å²) in [5, 5.41) is 2.52. The number of hydrogen-bond acceptors (Lipinski definition) is 6. The van der Waals surface area contributed by atoms with E-state index in [0.29, 0.717) is 5.75 Å². The molecule has 0 saturated carbocycles. The summed E-state index contributed by atoms with van der Waals surface area (Å²) in [5.74, 6) is -1.09. The molecule has 3 atom stereocenters. The van der Waals surface area contributed by atoms with Crippen LogP contribution in [0, 0.1) is 0 Å². The number of esters is 1. The zero-order chi connectivity index (χ0) is 20.2. The zero-order valence-electron chi connectivity index (χ0n) is 15.0. The van der Waals surface area contributed by atoms with Gasteiger partial charge in [-0.25, -0.2) is 4.79 Å². The number of nitrogens with zero attached hydrogens (tertiary/aromatic N) is 1. The standard InChI is InChI=1S/C17H20Cl2N2O5S/c1-17(2,27-19)13(16(24)25-3)21-14(18)12(15(21)23)20-11(22)9-26-10-7-5-4-6-8-10/h4-8,12-14H,9H2,1-3H3,(H,20,22). The lowest BCUT2D eigenvalue weighted by Gasteiger charge is -2.50.